The van der Waals surface area contributed by atoms with Gasteiger partial charge in [0.2, 0.25) is 5.91 Å². The van der Waals surface area contributed by atoms with Gasteiger partial charge in [-0.05, 0) is 44.7 Å². The van der Waals surface area contributed by atoms with E-state index in [1.807, 2.05) is 37.8 Å². The van der Waals surface area contributed by atoms with E-state index < -0.39 is 17.7 Å². The monoisotopic (exact) mass is 372 g/mol. The van der Waals surface area contributed by atoms with Gasteiger partial charge < -0.3 is 9.64 Å². The van der Waals surface area contributed by atoms with Crippen molar-refractivity contribution in [3.05, 3.63) is 35.4 Å². The molecular weight excluding hydrogens is 340 g/mol. The first-order valence-electron chi connectivity index (χ1n) is 10.1. The molecule has 1 aromatic rings. The van der Waals surface area contributed by atoms with Gasteiger partial charge in [0.05, 0.1) is 0 Å². The summed E-state index contributed by atoms with van der Waals surface area (Å²) in [6.45, 7) is 6.17. The molecule has 0 aromatic heterocycles. The lowest BCUT2D eigenvalue weighted by Crippen LogP contribution is -2.52. The van der Waals surface area contributed by atoms with E-state index >= 15 is 0 Å². The maximum absolute atomic E-state index is 13.5. The van der Waals surface area contributed by atoms with Gasteiger partial charge in [0, 0.05) is 26.1 Å². The molecule has 0 radical (unpaired) electrons. The highest BCUT2D eigenvalue weighted by Crippen LogP contribution is 2.29. The summed E-state index contributed by atoms with van der Waals surface area (Å²) in [5, 5.41) is 0. The topological polar surface area (TPSA) is 49.9 Å². The molecule has 1 fully saturated rings. The van der Waals surface area contributed by atoms with Crippen molar-refractivity contribution >= 4 is 12.0 Å². The molecule has 0 N–H and O–H groups in total. The molecule has 1 atom stereocenters. The third-order valence-electron chi connectivity index (χ3n) is 5.60. The lowest BCUT2D eigenvalue weighted by molar-refractivity contribution is -0.139. The summed E-state index contributed by atoms with van der Waals surface area (Å²) >= 11 is 0. The molecule has 1 aromatic carbocycles. The van der Waals surface area contributed by atoms with Crippen LogP contribution in [0.5, 0.6) is 0 Å². The van der Waals surface area contributed by atoms with Crippen molar-refractivity contribution < 1.29 is 14.3 Å². The Kier molecular flexibility index (Phi) is 5.78. The van der Waals surface area contributed by atoms with Gasteiger partial charge in [0.25, 0.3) is 0 Å². The molecule has 27 heavy (non-hydrogen) atoms. The van der Waals surface area contributed by atoms with Crippen LogP contribution in [0.3, 0.4) is 0 Å². The Labute approximate surface area is 162 Å². The van der Waals surface area contributed by atoms with Crippen molar-refractivity contribution in [2.75, 3.05) is 7.05 Å². The van der Waals surface area contributed by atoms with Crippen LogP contribution in [0.15, 0.2) is 24.3 Å². The minimum absolute atomic E-state index is 0.0476. The van der Waals surface area contributed by atoms with E-state index in [1.165, 1.54) is 29.7 Å². The Balaban J connectivity index is 1.89. The van der Waals surface area contributed by atoms with Crippen LogP contribution in [0, 0.1) is 0 Å². The quantitative estimate of drug-likeness (QED) is 0.784. The molecule has 3 rings (SSSR count). The predicted octanol–water partition coefficient (Wildman–Crippen LogP) is 4.14. The lowest BCUT2D eigenvalue weighted by Gasteiger charge is -2.37. The molecule has 5 heteroatoms. The second-order valence-corrected chi connectivity index (χ2v) is 8.84. The summed E-state index contributed by atoms with van der Waals surface area (Å²) < 4.78 is 5.53. The van der Waals surface area contributed by atoms with Gasteiger partial charge in [-0.3, -0.25) is 9.69 Å². The van der Waals surface area contributed by atoms with Gasteiger partial charge in [0.15, 0.2) is 0 Å². The molecule has 2 aliphatic rings. The lowest BCUT2D eigenvalue weighted by atomic mass is 9.93. The number of carbonyl (C=O) groups excluding carboxylic acids is 2. The SMILES string of the molecule is CN(C(=O)OC(C)(C)C)[C@@H]1Cc2ccccc2CN(C2CCCCC2)C1=O. The van der Waals surface area contributed by atoms with Crippen LogP contribution in [-0.2, 0) is 22.5 Å². The normalized spacial score (nSPS) is 21.4. The summed E-state index contributed by atoms with van der Waals surface area (Å²) in [6.07, 6.45) is 5.78. The number of hydrogen-bond acceptors (Lipinski definition) is 3. The van der Waals surface area contributed by atoms with Crippen molar-refractivity contribution in [2.45, 2.75) is 83.5 Å². The number of nitrogens with zero attached hydrogens (tertiary/aromatic N) is 2. The van der Waals surface area contributed by atoms with E-state index in [0.717, 1.165) is 18.4 Å². The second-order valence-electron chi connectivity index (χ2n) is 8.84. The molecule has 1 aliphatic heterocycles. The minimum atomic E-state index is -0.583. The van der Waals surface area contributed by atoms with E-state index in [1.54, 1.807) is 7.05 Å². The Morgan fingerprint density at radius 3 is 2.37 bits per heavy atom. The Morgan fingerprint density at radius 2 is 1.74 bits per heavy atom. The van der Waals surface area contributed by atoms with Crippen molar-refractivity contribution in [1.29, 1.82) is 0 Å². The number of rotatable bonds is 2. The van der Waals surface area contributed by atoms with Gasteiger partial charge >= 0.3 is 6.09 Å². The summed E-state index contributed by atoms with van der Waals surface area (Å²) in [5.74, 6) is 0.0476. The molecule has 0 saturated heterocycles. The van der Waals surface area contributed by atoms with E-state index in [9.17, 15) is 9.59 Å². The number of benzene rings is 1. The fourth-order valence-corrected chi connectivity index (χ4v) is 4.12. The van der Waals surface area contributed by atoms with Crippen molar-refractivity contribution in [3.63, 3.8) is 0 Å². The Morgan fingerprint density at radius 1 is 1.11 bits per heavy atom. The zero-order valence-corrected chi connectivity index (χ0v) is 17.0. The van der Waals surface area contributed by atoms with Crippen molar-refractivity contribution in [3.8, 4) is 0 Å². The number of amides is 2. The maximum atomic E-state index is 13.5. The Bertz CT molecular complexity index is 689. The molecule has 5 nitrogen and oxygen atoms in total. The highest BCUT2D eigenvalue weighted by Gasteiger charge is 2.38. The first kappa shape index (κ1) is 19.7. The highest BCUT2D eigenvalue weighted by molar-refractivity contribution is 5.87. The number of ether oxygens (including phenoxy) is 1. The van der Waals surface area contributed by atoms with E-state index in [0.29, 0.717) is 13.0 Å². The van der Waals surface area contributed by atoms with Crippen LogP contribution in [0.1, 0.15) is 64.0 Å². The summed E-state index contributed by atoms with van der Waals surface area (Å²) in [6, 6.07) is 7.96. The molecule has 1 saturated carbocycles. The van der Waals surface area contributed by atoms with Crippen LogP contribution in [0.2, 0.25) is 0 Å². The third kappa shape index (κ3) is 4.63. The van der Waals surface area contributed by atoms with Crippen LogP contribution < -0.4 is 0 Å². The zero-order valence-electron chi connectivity index (χ0n) is 17.0. The molecule has 0 bridgehead atoms. The predicted molar refractivity (Wildman–Crippen MR) is 105 cm³/mol. The fourth-order valence-electron chi connectivity index (χ4n) is 4.12. The summed E-state index contributed by atoms with van der Waals surface area (Å²) in [7, 11) is 1.68. The largest absolute Gasteiger partial charge is 0.444 e. The fraction of sp³-hybridized carbons (Fsp3) is 0.636. The van der Waals surface area contributed by atoms with Gasteiger partial charge in [-0.15, -0.1) is 0 Å². The molecule has 2 amide bonds. The van der Waals surface area contributed by atoms with Crippen molar-refractivity contribution in [2.24, 2.45) is 0 Å². The highest BCUT2D eigenvalue weighted by atomic mass is 16.6. The number of carbonyl (C=O) groups is 2. The van der Waals surface area contributed by atoms with Crippen LogP contribution >= 0.6 is 0 Å². The van der Waals surface area contributed by atoms with Crippen LogP contribution in [0.4, 0.5) is 4.79 Å². The van der Waals surface area contributed by atoms with Gasteiger partial charge in [-0.2, -0.15) is 0 Å². The van der Waals surface area contributed by atoms with Gasteiger partial charge in [-0.1, -0.05) is 43.5 Å². The van der Waals surface area contributed by atoms with Gasteiger partial charge in [0.1, 0.15) is 11.6 Å². The van der Waals surface area contributed by atoms with E-state index in [-0.39, 0.29) is 11.9 Å². The molecule has 0 unspecified atom stereocenters. The first-order valence-corrected chi connectivity index (χ1v) is 10.1. The minimum Gasteiger partial charge on any atom is -0.444 e. The molecule has 1 heterocycles. The van der Waals surface area contributed by atoms with Gasteiger partial charge in [-0.25, -0.2) is 4.79 Å². The second kappa shape index (κ2) is 7.91. The van der Waals surface area contributed by atoms with Crippen LogP contribution in [0.25, 0.3) is 0 Å². The molecule has 1 aliphatic carbocycles. The molecular formula is C22H32N2O3. The average Bonchev–Trinajstić information content (AvgIpc) is 2.77. The standard InChI is InChI=1S/C22H32N2O3/c1-22(2,3)27-21(26)23(4)19-14-16-10-8-9-11-17(16)15-24(20(19)25)18-12-6-5-7-13-18/h8-11,18-19H,5-7,12-15H2,1-4H3/t19-/m1/s1. The Hall–Kier alpha value is -2.04. The first-order chi connectivity index (χ1) is 12.8. The van der Waals surface area contributed by atoms with Crippen molar-refractivity contribution in [1.82, 2.24) is 9.80 Å². The third-order valence-corrected chi connectivity index (χ3v) is 5.60. The van der Waals surface area contributed by atoms with E-state index in [2.05, 4.69) is 12.1 Å². The number of fused-ring (bicyclic) bond motifs is 1. The van der Waals surface area contributed by atoms with E-state index in [4.69, 9.17) is 4.74 Å². The number of hydrogen-bond donors (Lipinski definition) is 0. The molecule has 148 valence electrons. The zero-order chi connectivity index (χ0) is 19.6. The molecule has 0 spiro atoms. The smallest absolute Gasteiger partial charge is 0.410 e. The number of likely N-dealkylation sites (N-methyl/N-ethyl adjacent to an activating group) is 1. The average molecular weight is 373 g/mol. The summed E-state index contributed by atoms with van der Waals surface area (Å²) in [5.41, 5.74) is 1.75. The van der Waals surface area contributed by atoms with Crippen LogP contribution in [-0.4, -0.2) is 46.5 Å². The summed E-state index contributed by atoms with van der Waals surface area (Å²) in [4.78, 5) is 29.7. The maximum Gasteiger partial charge on any atom is 0.410 e.